The summed E-state index contributed by atoms with van der Waals surface area (Å²) in [6.45, 7) is 3.31. The van der Waals surface area contributed by atoms with Crippen LogP contribution in [0.5, 0.6) is 0 Å². The summed E-state index contributed by atoms with van der Waals surface area (Å²) >= 11 is 0. The molecule has 1 aromatic heterocycles. The number of piperidine rings is 1. The minimum Gasteiger partial charge on any atom is -0.353 e. The van der Waals surface area contributed by atoms with E-state index in [0.29, 0.717) is 12.0 Å². The Hall–Kier alpha value is -1.88. The van der Waals surface area contributed by atoms with E-state index in [-0.39, 0.29) is 0 Å². The first-order valence-electron chi connectivity index (χ1n) is 7.83. The number of rotatable bonds is 4. The van der Waals surface area contributed by atoms with Crippen molar-refractivity contribution in [2.75, 3.05) is 16.9 Å². The number of nitrogens with zero attached hydrogens (tertiary/aromatic N) is 3. The molecule has 1 fully saturated rings. The van der Waals surface area contributed by atoms with E-state index in [1.54, 1.807) is 0 Å². The van der Waals surface area contributed by atoms with Crippen molar-refractivity contribution in [3.05, 3.63) is 24.3 Å². The van der Waals surface area contributed by atoms with Crippen molar-refractivity contribution in [1.29, 1.82) is 0 Å². The van der Waals surface area contributed by atoms with Crippen molar-refractivity contribution >= 4 is 22.7 Å². The summed E-state index contributed by atoms with van der Waals surface area (Å²) in [5, 5.41) is 1.11. The zero-order valence-electron chi connectivity index (χ0n) is 12.5. The van der Waals surface area contributed by atoms with Gasteiger partial charge in [0.25, 0.3) is 0 Å². The average molecular weight is 285 g/mol. The molecule has 1 saturated heterocycles. The molecular formula is C16H23N5. The van der Waals surface area contributed by atoms with Crippen LogP contribution >= 0.6 is 0 Å². The van der Waals surface area contributed by atoms with Gasteiger partial charge in [0.15, 0.2) is 0 Å². The number of aromatic nitrogens is 2. The summed E-state index contributed by atoms with van der Waals surface area (Å²) < 4.78 is 0. The van der Waals surface area contributed by atoms with E-state index in [0.717, 1.165) is 23.3 Å². The average Bonchev–Trinajstić information content (AvgIpc) is 2.54. The Morgan fingerprint density at radius 2 is 2.14 bits per heavy atom. The third kappa shape index (κ3) is 2.78. The molecule has 0 bridgehead atoms. The van der Waals surface area contributed by atoms with Crippen LogP contribution in [0.1, 0.15) is 39.0 Å². The Labute approximate surface area is 125 Å². The van der Waals surface area contributed by atoms with E-state index in [1.165, 1.54) is 32.1 Å². The van der Waals surface area contributed by atoms with Gasteiger partial charge in [-0.1, -0.05) is 25.5 Å². The van der Waals surface area contributed by atoms with Gasteiger partial charge in [-0.3, -0.25) is 5.43 Å². The van der Waals surface area contributed by atoms with Crippen LogP contribution in [0.15, 0.2) is 24.3 Å². The molecule has 1 aliphatic heterocycles. The molecule has 3 rings (SSSR count). The van der Waals surface area contributed by atoms with Crippen LogP contribution in [0, 0.1) is 0 Å². The summed E-state index contributed by atoms with van der Waals surface area (Å²) in [7, 11) is 0. The van der Waals surface area contributed by atoms with E-state index in [9.17, 15) is 0 Å². The van der Waals surface area contributed by atoms with Crippen molar-refractivity contribution in [3.63, 3.8) is 0 Å². The second-order valence-corrected chi connectivity index (χ2v) is 5.66. The topological polar surface area (TPSA) is 67.1 Å². The molecule has 5 heteroatoms. The number of fused-ring (bicyclic) bond motifs is 1. The SMILES string of the molecule is CCCC1CCCCN1c1nc(NN)nc2ccccc12. The predicted octanol–water partition coefficient (Wildman–Crippen LogP) is 3.07. The van der Waals surface area contributed by atoms with Gasteiger partial charge in [0, 0.05) is 18.0 Å². The standard InChI is InChI=1S/C16H23N5/c1-2-7-12-8-5-6-11-21(12)15-13-9-3-4-10-14(13)18-16(19-15)20-17/h3-4,9-10,12H,2,5-8,11,17H2,1H3,(H,18,19,20). The van der Waals surface area contributed by atoms with Crippen molar-refractivity contribution in [2.45, 2.75) is 45.1 Å². The van der Waals surface area contributed by atoms with Gasteiger partial charge in [-0.2, -0.15) is 4.98 Å². The van der Waals surface area contributed by atoms with Crippen LogP contribution in [-0.4, -0.2) is 22.6 Å². The number of hydrazine groups is 1. The van der Waals surface area contributed by atoms with Gasteiger partial charge in [0.2, 0.25) is 5.95 Å². The monoisotopic (exact) mass is 285 g/mol. The molecule has 2 heterocycles. The highest BCUT2D eigenvalue weighted by atomic mass is 15.3. The lowest BCUT2D eigenvalue weighted by Gasteiger charge is -2.37. The quantitative estimate of drug-likeness (QED) is 0.667. The molecular weight excluding hydrogens is 262 g/mol. The van der Waals surface area contributed by atoms with Crippen molar-refractivity contribution in [3.8, 4) is 0 Å². The smallest absolute Gasteiger partial charge is 0.239 e. The molecule has 0 aliphatic carbocycles. The lowest BCUT2D eigenvalue weighted by Crippen LogP contribution is -2.40. The largest absolute Gasteiger partial charge is 0.353 e. The highest BCUT2D eigenvalue weighted by Gasteiger charge is 2.25. The highest BCUT2D eigenvalue weighted by Crippen LogP contribution is 2.31. The summed E-state index contributed by atoms with van der Waals surface area (Å²) in [5.74, 6) is 7.05. The summed E-state index contributed by atoms with van der Waals surface area (Å²) in [5.41, 5.74) is 3.54. The minimum absolute atomic E-state index is 0.490. The first kappa shape index (κ1) is 14.1. The van der Waals surface area contributed by atoms with Crippen LogP contribution in [0.3, 0.4) is 0 Å². The number of nitrogen functional groups attached to an aromatic ring is 1. The Morgan fingerprint density at radius 1 is 1.29 bits per heavy atom. The van der Waals surface area contributed by atoms with Gasteiger partial charge < -0.3 is 4.90 Å². The third-order valence-corrected chi connectivity index (χ3v) is 4.23. The van der Waals surface area contributed by atoms with E-state index < -0.39 is 0 Å². The van der Waals surface area contributed by atoms with Crippen molar-refractivity contribution in [2.24, 2.45) is 5.84 Å². The van der Waals surface area contributed by atoms with Gasteiger partial charge in [-0.05, 0) is 37.8 Å². The molecule has 0 amide bonds. The number of hydrogen-bond donors (Lipinski definition) is 2. The Bertz CT molecular complexity index is 611. The lowest BCUT2D eigenvalue weighted by atomic mass is 9.98. The lowest BCUT2D eigenvalue weighted by molar-refractivity contribution is 0.433. The zero-order chi connectivity index (χ0) is 14.7. The summed E-state index contributed by atoms with van der Waals surface area (Å²) in [4.78, 5) is 11.6. The van der Waals surface area contributed by atoms with E-state index in [2.05, 4.69) is 33.3 Å². The van der Waals surface area contributed by atoms with Gasteiger partial charge in [0.05, 0.1) is 5.52 Å². The normalized spacial score (nSPS) is 19.0. The molecule has 21 heavy (non-hydrogen) atoms. The number of anilines is 2. The maximum absolute atomic E-state index is 5.54. The van der Waals surface area contributed by atoms with Gasteiger partial charge in [0.1, 0.15) is 5.82 Å². The van der Waals surface area contributed by atoms with Crippen LogP contribution < -0.4 is 16.2 Å². The zero-order valence-corrected chi connectivity index (χ0v) is 12.5. The second-order valence-electron chi connectivity index (χ2n) is 5.66. The number of nitrogens with one attached hydrogen (secondary N) is 1. The Morgan fingerprint density at radius 3 is 2.95 bits per heavy atom. The van der Waals surface area contributed by atoms with Gasteiger partial charge in [-0.15, -0.1) is 0 Å². The van der Waals surface area contributed by atoms with Crippen LogP contribution in [0.4, 0.5) is 11.8 Å². The first-order valence-corrected chi connectivity index (χ1v) is 7.83. The fourth-order valence-corrected chi connectivity index (χ4v) is 3.26. The van der Waals surface area contributed by atoms with Crippen molar-refractivity contribution < 1.29 is 0 Å². The molecule has 3 N–H and O–H groups in total. The number of nitrogens with two attached hydrogens (primary N) is 1. The number of benzene rings is 1. The summed E-state index contributed by atoms with van der Waals surface area (Å²) in [6, 6.07) is 8.73. The number of para-hydroxylation sites is 1. The fraction of sp³-hybridized carbons (Fsp3) is 0.500. The van der Waals surface area contributed by atoms with Crippen LogP contribution in [0.2, 0.25) is 0 Å². The van der Waals surface area contributed by atoms with Gasteiger partial charge in [-0.25, -0.2) is 10.8 Å². The molecule has 0 saturated carbocycles. The fourth-order valence-electron chi connectivity index (χ4n) is 3.26. The highest BCUT2D eigenvalue weighted by molar-refractivity contribution is 5.90. The van der Waals surface area contributed by atoms with Gasteiger partial charge >= 0.3 is 0 Å². The summed E-state index contributed by atoms with van der Waals surface area (Å²) in [6.07, 6.45) is 6.20. The maximum Gasteiger partial charge on any atom is 0.239 e. The molecule has 1 aromatic carbocycles. The van der Waals surface area contributed by atoms with E-state index in [1.807, 2.05) is 18.2 Å². The minimum atomic E-state index is 0.490. The molecule has 0 spiro atoms. The molecule has 112 valence electrons. The second kappa shape index (κ2) is 6.26. The maximum atomic E-state index is 5.54. The molecule has 2 aromatic rings. The first-order chi connectivity index (χ1) is 10.3. The Kier molecular flexibility index (Phi) is 4.20. The third-order valence-electron chi connectivity index (χ3n) is 4.23. The van der Waals surface area contributed by atoms with Crippen molar-refractivity contribution in [1.82, 2.24) is 9.97 Å². The molecule has 5 nitrogen and oxygen atoms in total. The molecule has 0 radical (unpaired) electrons. The van der Waals surface area contributed by atoms with E-state index in [4.69, 9.17) is 5.84 Å². The van der Waals surface area contributed by atoms with E-state index >= 15 is 0 Å². The predicted molar refractivity (Wildman–Crippen MR) is 87.2 cm³/mol. The Balaban J connectivity index is 2.08. The number of hydrogen-bond acceptors (Lipinski definition) is 5. The molecule has 1 atom stereocenters. The molecule has 1 aliphatic rings. The van der Waals surface area contributed by atoms with Crippen LogP contribution in [-0.2, 0) is 0 Å². The van der Waals surface area contributed by atoms with Crippen LogP contribution in [0.25, 0.3) is 10.9 Å². The molecule has 1 unspecified atom stereocenters.